The van der Waals surface area contributed by atoms with Gasteiger partial charge in [-0.2, -0.15) is 0 Å². The van der Waals surface area contributed by atoms with Crippen molar-refractivity contribution in [3.8, 4) is 0 Å². The first-order valence-electron chi connectivity index (χ1n) is 5.66. The van der Waals surface area contributed by atoms with Crippen molar-refractivity contribution >= 4 is 5.69 Å². The molecule has 0 saturated carbocycles. The Labute approximate surface area is 91.3 Å². The molecule has 0 bridgehead atoms. The number of hydrogen-bond acceptors (Lipinski definition) is 2. The lowest BCUT2D eigenvalue weighted by molar-refractivity contribution is 0.158. The number of rotatable bonds is 1. The SMILES string of the molecule is CC(C)c1ccc2c(c1)[C@H](O)C[C@@H](C)N2. The molecule has 0 amide bonds. The van der Waals surface area contributed by atoms with E-state index in [0.717, 1.165) is 17.7 Å². The normalized spacial score (nSPS) is 24.9. The molecule has 2 rings (SSSR count). The van der Waals surface area contributed by atoms with Gasteiger partial charge in [-0.3, -0.25) is 0 Å². The highest BCUT2D eigenvalue weighted by molar-refractivity contribution is 5.56. The Hall–Kier alpha value is -1.02. The minimum Gasteiger partial charge on any atom is -0.388 e. The van der Waals surface area contributed by atoms with E-state index in [-0.39, 0.29) is 6.10 Å². The summed E-state index contributed by atoms with van der Waals surface area (Å²) in [6, 6.07) is 6.71. The van der Waals surface area contributed by atoms with Crippen molar-refractivity contribution in [3.63, 3.8) is 0 Å². The Kier molecular flexibility index (Phi) is 2.70. The third-order valence-electron chi connectivity index (χ3n) is 3.08. The van der Waals surface area contributed by atoms with E-state index in [1.165, 1.54) is 5.56 Å². The minimum absolute atomic E-state index is 0.310. The van der Waals surface area contributed by atoms with Gasteiger partial charge in [0.05, 0.1) is 6.10 Å². The monoisotopic (exact) mass is 205 g/mol. The maximum Gasteiger partial charge on any atom is 0.0829 e. The lowest BCUT2D eigenvalue weighted by Gasteiger charge is -2.29. The van der Waals surface area contributed by atoms with Crippen molar-refractivity contribution in [2.75, 3.05) is 5.32 Å². The maximum absolute atomic E-state index is 10.00. The van der Waals surface area contributed by atoms with Crippen LogP contribution in [0.15, 0.2) is 18.2 Å². The first-order chi connectivity index (χ1) is 7.08. The number of anilines is 1. The van der Waals surface area contributed by atoms with Crippen LogP contribution in [-0.2, 0) is 0 Å². The lowest BCUT2D eigenvalue weighted by Crippen LogP contribution is -2.25. The number of hydrogen-bond donors (Lipinski definition) is 2. The van der Waals surface area contributed by atoms with Gasteiger partial charge in [0.25, 0.3) is 0 Å². The lowest BCUT2D eigenvalue weighted by atomic mass is 9.92. The molecule has 1 aromatic rings. The highest BCUT2D eigenvalue weighted by Crippen LogP contribution is 2.34. The smallest absolute Gasteiger partial charge is 0.0829 e. The van der Waals surface area contributed by atoms with Crippen LogP contribution in [0.2, 0.25) is 0 Å². The van der Waals surface area contributed by atoms with E-state index < -0.39 is 0 Å². The van der Waals surface area contributed by atoms with Crippen LogP contribution in [0.5, 0.6) is 0 Å². The second-order valence-corrected chi connectivity index (χ2v) is 4.80. The van der Waals surface area contributed by atoms with E-state index >= 15 is 0 Å². The van der Waals surface area contributed by atoms with Gasteiger partial charge < -0.3 is 10.4 Å². The molecule has 2 nitrogen and oxygen atoms in total. The predicted molar refractivity (Wildman–Crippen MR) is 63.2 cm³/mol. The van der Waals surface area contributed by atoms with Gasteiger partial charge in [0.2, 0.25) is 0 Å². The fourth-order valence-corrected chi connectivity index (χ4v) is 2.13. The molecule has 2 heteroatoms. The van der Waals surface area contributed by atoms with Crippen LogP contribution in [0.25, 0.3) is 0 Å². The van der Waals surface area contributed by atoms with Crippen LogP contribution in [0.3, 0.4) is 0 Å². The molecule has 1 heterocycles. The average Bonchev–Trinajstić information content (AvgIpc) is 2.16. The van der Waals surface area contributed by atoms with Crippen molar-refractivity contribution < 1.29 is 5.11 Å². The van der Waals surface area contributed by atoms with Gasteiger partial charge in [0, 0.05) is 17.3 Å². The molecular weight excluding hydrogens is 186 g/mol. The van der Waals surface area contributed by atoms with Gasteiger partial charge in [-0.1, -0.05) is 26.0 Å². The standard InChI is InChI=1S/C13H19NO/c1-8(2)10-4-5-12-11(7-10)13(15)6-9(3)14-12/h4-5,7-9,13-15H,6H2,1-3H3/t9-,13-/m1/s1. The third kappa shape index (κ3) is 2.00. The molecule has 1 aromatic carbocycles. The molecule has 0 fully saturated rings. The van der Waals surface area contributed by atoms with E-state index in [0.29, 0.717) is 12.0 Å². The van der Waals surface area contributed by atoms with Crippen LogP contribution in [0.4, 0.5) is 5.69 Å². The second-order valence-electron chi connectivity index (χ2n) is 4.80. The zero-order valence-corrected chi connectivity index (χ0v) is 9.62. The molecule has 0 saturated heterocycles. The molecule has 1 aliphatic heterocycles. The summed E-state index contributed by atoms with van der Waals surface area (Å²) in [5.74, 6) is 0.516. The molecule has 0 radical (unpaired) electrons. The number of aliphatic hydroxyl groups excluding tert-OH is 1. The highest BCUT2D eigenvalue weighted by atomic mass is 16.3. The first kappa shape index (κ1) is 10.5. The Morgan fingerprint density at radius 2 is 2.13 bits per heavy atom. The summed E-state index contributed by atoms with van der Waals surface area (Å²) < 4.78 is 0. The van der Waals surface area contributed by atoms with Crippen molar-refractivity contribution in [2.24, 2.45) is 0 Å². The van der Waals surface area contributed by atoms with Gasteiger partial charge >= 0.3 is 0 Å². The molecule has 2 atom stereocenters. The topological polar surface area (TPSA) is 32.3 Å². The summed E-state index contributed by atoms with van der Waals surface area (Å²) in [6.45, 7) is 6.45. The molecular formula is C13H19NO. The van der Waals surface area contributed by atoms with Crippen molar-refractivity contribution in [3.05, 3.63) is 29.3 Å². The molecule has 15 heavy (non-hydrogen) atoms. The van der Waals surface area contributed by atoms with Crippen LogP contribution in [-0.4, -0.2) is 11.1 Å². The molecule has 0 aromatic heterocycles. The number of nitrogens with one attached hydrogen (secondary N) is 1. The summed E-state index contributed by atoms with van der Waals surface area (Å²) in [5, 5.41) is 13.4. The molecule has 2 N–H and O–H groups in total. The van der Waals surface area contributed by atoms with Crippen molar-refractivity contribution in [2.45, 2.75) is 45.3 Å². The fraction of sp³-hybridized carbons (Fsp3) is 0.538. The molecule has 82 valence electrons. The van der Waals surface area contributed by atoms with Crippen LogP contribution >= 0.6 is 0 Å². The first-order valence-corrected chi connectivity index (χ1v) is 5.66. The summed E-state index contributed by atoms with van der Waals surface area (Å²) in [5.41, 5.74) is 3.44. The van der Waals surface area contributed by atoms with Gasteiger partial charge in [0.1, 0.15) is 0 Å². The zero-order chi connectivity index (χ0) is 11.0. The summed E-state index contributed by atoms with van der Waals surface area (Å²) in [6.07, 6.45) is 0.490. The Morgan fingerprint density at radius 3 is 2.80 bits per heavy atom. The van der Waals surface area contributed by atoms with E-state index in [4.69, 9.17) is 0 Å². The molecule has 1 aliphatic rings. The Bertz CT molecular complexity index is 360. The molecule has 0 aliphatic carbocycles. The Morgan fingerprint density at radius 1 is 1.40 bits per heavy atom. The highest BCUT2D eigenvalue weighted by Gasteiger charge is 2.22. The quantitative estimate of drug-likeness (QED) is 0.738. The van der Waals surface area contributed by atoms with Crippen molar-refractivity contribution in [1.29, 1.82) is 0 Å². The second kappa shape index (κ2) is 3.86. The Balaban J connectivity index is 2.39. The van der Waals surface area contributed by atoms with E-state index in [1.54, 1.807) is 0 Å². The van der Waals surface area contributed by atoms with Crippen LogP contribution in [0.1, 0.15) is 50.3 Å². The van der Waals surface area contributed by atoms with Crippen LogP contribution in [0, 0.1) is 0 Å². The molecule has 0 spiro atoms. The number of fused-ring (bicyclic) bond motifs is 1. The van der Waals surface area contributed by atoms with Crippen LogP contribution < -0.4 is 5.32 Å². The fourth-order valence-electron chi connectivity index (χ4n) is 2.13. The van der Waals surface area contributed by atoms with Gasteiger partial charge in [-0.15, -0.1) is 0 Å². The average molecular weight is 205 g/mol. The van der Waals surface area contributed by atoms with E-state index in [2.05, 4.69) is 44.3 Å². The largest absolute Gasteiger partial charge is 0.388 e. The van der Waals surface area contributed by atoms with Gasteiger partial charge in [0.15, 0.2) is 0 Å². The third-order valence-corrected chi connectivity index (χ3v) is 3.08. The van der Waals surface area contributed by atoms with Gasteiger partial charge in [-0.25, -0.2) is 0 Å². The number of aliphatic hydroxyl groups is 1. The summed E-state index contributed by atoms with van der Waals surface area (Å²) in [4.78, 5) is 0. The van der Waals surface area contributed by atoms with E-state index in [9.17, 15) is 5.11 Å². The number of benzene rings is 1. The minimum atomic E-state index is -0.310. The van der Waals surface area contributed by atoms with Crippen molar-refractivity contribution in [1.82, 2.24) is 0 Å². The molecule has 0 unspecified atom stereocenters. The van der Waals surface area contributed by atoms with E-state index in [1.807, 2.05) is 0 Å². The maximum atomic E-state index is 10.00. The zero-order valence-electron chi connectivity index (χ0n) is 9.62. The summed E-state index contributed by atoms with van der Waals surface area (Å²) >= 11 is 0. The van der Waals surface area contributed by atoms with Gasteiger partial charge in [-0.05, 0) is 30.9 Å². The summed E-state index contributed by atoms with van der Waals surface area (Å²) in [7, 11) is 0. The predicted octanol–water partition coefficient (Wildman–Crippen LogP) is 3.05.